The molecule has 0 unspecified atom stereocenters. The molecule has 160 valence electrons. The van der Waals surface area contributed by atoms with Gasteiger partial charge in [0.25, 0.3) is 5.91 Å². The van der Waals surface area contributed by atoms with Crippen LogP contribution < -0.4 is 10.1 Å². The van der Waals surface area contributed by atoms with Crippen LogP contribution in [0.5, 0.6) is 5.75 Å². The molecule has 2 aromatic carbocycles. The first-order valence-electron chi connectivity index (χ1n) is 10.2. The third-order valence-electron chi connectivity index (χ3n) is 4.94. The molecule has 0 saturated heterocycles. The molecule has 30 heavy (non-hydrogen) atoms. The fourth-order valence-electron chi connectivity index (χ4n) is 3.47. The van der Waals surface area contributed by atoms with Gasteiger partial charge in [0.05, 0.1) is 0 Å². The second-order valence-corrected chi connectivity index (χ2v) is 9.00. The molecule has 6 heteroatoms. The minimum atomic E-state index is -0.596. The minimum Gasteiger partial charge on any atom is -0.481 e. The van der Waals surface area contributed by atoms with Crippen molar-refractivity contribution in [1.82, 2.24) is 4.90 Å². The number of fused-ring (bicyclic) bond motifs is 1. The molecule has 0 fully saturated rings. The van der Waals surface area contributed by atoms with Gasteiger partial charge in [-0.1, -0.05) is 32.9 Å². The van der Waals surface area contributed by atoms with Gasteiger partial charge in [0.15, 0.2) is 6.10 Å². The highest BCUT2D eigenvalue weighted by molar-refractivity contribution is 5.91. The van der Waals surface area contributed by atoms with Crippen LogP contribution >= 0.6 is 0 Å². The first kappa shape index (κ1) is 21.8. The van der Waals surface area contributed by atoms with Crippen LogP contribution in [0.3, 0.4) is 0 Å². The normalized spacial score (nSPS) is 16.5. The molecule has 1 atom stereocenters. The smallest absolute Gasteiger partial charge is 0.263 e. The molecule has 0 spiro atoms. The summed E-state index contributed by atoms with van der Waals surface area (Å²) < 4.78 is 19.0. The molecule has 1 aliphatic heterocycles. The van der Waals surface area contributed by atoms with Gasteiger partial charge in [-0.3, -0.25) is 9.59 Å². The lowest BCUT2D eigenvalue weighted by Gasteiger charge is -2.22. The van der Waals surface area contributed by atoms with Crippen LogP contribution in [0.4, 0.5) is 10.1 Å². The van der Waals surface area contributed by atoms with E-state index in [1.54, 1.807) is 36.1 Å². The number of rotatable bonds is 5. The number of anilines is 1. The van der Waals surface area contributed by atoms with E-state index in [0.29, 0.717) is 37.4 Å². The van der Waals surface area contributed by atoms with Gasteiger partial charge in [-0.05, 0) is 54.7 Å². The number of hydrogen-bond acceptors (Lipinski definition) is 3. The molecule has 1 N–H and O–H groups in total. The van der Waals surface area contributed by atoms with Crippen molar-refractivity contribution in [3.05, 3.63) is 59.4 Å². The zero-order valence-corrected chi connectivity index (χ0v) is 18.0. The highest BCUT2D eigenvalue weighted by Gasteiger charge is 2.28. The van der Waals surface area contributed by atoms with Gasteiger partial charge in [0, 0.05) is 30.8 Å². The van der Waals surface area contributed by atoms with Gasteiger partial charge in [0.1, 0.15) is 11.6 Å². The van der Waals surface area contributed by atoms with Crippen LogP contribution in [0, 0.1) is 11.2 Å². The van der Waals surface area contributed by atoms with Crippen LogP contribution in [0.15, 0.2) is 42.5 Å². The third-order valence-corrected chi connectivity index (χ3v) is 4.94. The first-order valence-corrected chi connectivity index (χ1v) is 10.2. The van der Waals surface area contributed by atoms with Crippen LogP contribution in [0.25, 0.3) is 0 Å². The highest BCUT2D eigenvalue weighted by atomic mass is 19.1. The topological polar surface area (TPSA) is 58.6 Å². The van der Waals surface area contributed by atoms with Gasteiger partial charge >= 0.3 is 0 Å². The molecule has 2 amide bonds. The highest BCUT2D eigenvalue weighted by Crippen LogP contribution is 2.29. The maximum Gasteiger partial charge on any atom is 0.263 e. The number of halogens is 1. The predicted molar refractivity (Wildman–Crippen MR) is 115 cm³/mol. The molecule has 0 aromatic heterocycles. The quantitative estimate of drug-likeness (QED) is 0.784. The number of nitrogens with zero attached hydrogens (tertiary/aromatic N) is 1. The second kappa shape index (κ2) is 8.86. The summed E-state index contributed by atoms with van der Waals surface area (Å²) in [5.74, 6) is 0.233. The SMILES string of the molecule is C[C@@H]1Oc2ccc(NC(=O)CC(C)(C)C)cc2CN(CCc2ccc(F)cc2)C1=O. The number of carbonyl (C=O) groups is 2. The lowest BCUT2D eigenvalue weighted by Crippen LogP contribution is -2.39. The summed E-state index contributed by atoms with van der Waals surface area (Å²) in [5, 5.41) is 2.94. The summed E-state index contributed by atoms with van der Waals surface area (Å²) in [4.78, 5) is 26.8. The Bertz CT molecular complexity index is 919. The fourth-order valence-corrected chi connectivity index (χ4v) is 3.47. The Morgan fingerprint density at radius 1 is 1.20 bits per heavy atom. The monoisotopic (exact) mass is 412 g/mol. The Balaban J connectivity index is 1.74. The van der Waals surface area contributed by atoms with Gasteiger partial charge in [-0.15, -0.1) is 0 Å². The van der Waals surface area contributed by atoms with E-state index in [-0.39, 0.29) is 23.0 Å². The Hall–Kier alpha value is -2.89. The Labute approximate surface area is 177 Å². The molecule has 5 nitrogen and oxygen atoms in total. The van der Waals surface area contributed by atoms with E-state index < -0.39 is 6.10 Å². The lowest BCUT2D eigenvalue weighted by molar-refractivity contribution is -0.137. The maximum atomic E-state index is 13.1. The Morgan fingerprint density at radius 2 is 1.90 bits per heavy atom. The van der Waals surface area contributed by atoms with Crippen LogP contribution in [0.2, 0.25) is 0 Å². The van der Waals surface area contributed by atoms with E-state index in [1.165, 1.54) is 12.1 Å². The molecule has 0 bridgehead atoms. The molecule has 1 heterocycles. The van der Waals surface area contributed by atoms with Crippen molar-refractivity contribution in [2.24, 2.45) is 5.41 Å². The van der Waals surface area contributed by atoms with E-state index >= 15 is 0 Å². The van der Waals surface area contributed by atoms with E-state index in [1.807, 2.05) is 26.8 Å². The van der Waals surface area contributed by atoms with Crippen molar-refractivity contribution in [2.75, 3.05) is 11.9 Å². The van der Waals surface area contributed by atoms with Crippen molar-refractivity contribution < 1.29 is 18.7 Å². The number of nitrogens with one attached hydrogen (secondary N) is 1. The number of carbonyl (C=O) groups excluding carboxylic acids is 2. The van der Waals surface area contributed by atoms with E-state index in [2.05, 4.69) is 5.32 Å². The summed E-state index contributed by atoms with van der Waals surface area (Å²) >= 11 is 0. The molecule has 0 radical (unpaired) electrons. The molecular formula is C24H29FN2O3. The first-order chi connectivity index (χ1) is 14.1. The van der Waals surface area contributed by atoms with Crippen LogP contribution in [0.1, 0.15) is 45.2 Å². The summed E-state index contributed by atoms with van der Waals surface area (Å²) in [6.07, 6.45) is 0.441. The average molecular weight is 413 g/mol. The van der Waals surface area contributed by atoms with E-state index in [4.69, 9.17) is 4.74 Å². The van der Waals surface area contributed by atoms with Crippen LogP contribution in [-0.2, 0) is 22.6 Å². The number of hydrogen-bond donors (Lipinski definition) is 1. The van der Waals surface area contributed by atoms with Gasteiger partial charge in [0.2, 0.25) is 5.91 Å². The largest absolute Gasteiger partial charge is 0.481 e. The van der Waals surface area contributed by atoms with Crippen molar-refractivity contribution in [3.63, 3.8) is 0 Å². The predicted octanol–water partition coefficient (Wildman–Crippen LogP) is 4.55. The number of benzene rings is 2. The Kier molecular flexibility index (Phi) is 6.44. The van der Waals surface area contributed by atoms with Gasteiger partial charge in [-0.2, -0.15) is 0 Å². The zero-order chi connectivity index (χ0) is 21.9. The summed E-state index contributed by atoms with van der Waals surface area (Å²) in [6, 6.07) is 11.8. The fraction of sp³-hybridized carbons (Fsp3) is 0.417. The van der Waals surface area contributed by atoms with E-state index in [9.17, 15) is 14.0 Å². The number of amides is 2. The minimum absolute atomic E-state index is 0.0467. The molecule has 0 aliphatic carbocycles. The van der Waals surface area contributed by atoms with Crippen molar-refractivity contribution in [3.8, 4) is 5.75 Å². The molecular weight excluding hydrogens is 383 g/mol. The average Bonchev–Trinajstić information content (AvgIpc) is 2.76. The zero-order valence-electron chi connectivity index (χ0n) is 18.0. The molecule has 1 aliphatic rings. The van der Waals surface area contributed by atoms with Gasteiger partial charge < -0.3 is 15.0 Å². The molecule has 3 rings (SSSR count). The van der Waals surface area contributed by atoms with Crippen molar-refractivity contribution >= 4 is 17.5 Å². The van der Waals surface area contributed by atoms with Crippen molar-refractivity contribution in [2.45, 2.75) is 53.2 Å². The summed E-state index contributed by atoms with van der Waals surface area (Å²) in [5.41, 5.74) is 2.40. The Morgan fingerprint density at radius 3 is 2.57 bits per heavy atom. The van der Waals surface area contributed by atoms with Crippen LogP contribution in [-0.4, -0.2) is 29.4 Å². The molecule has 0 saturated carbocycles. The molecule has 2 aromatic rings. The van der Waals surface area contributed by atoms with Crippen molar-refractivity contribution in [1.29, 1.82) is 0 Å². The second-order valence-electron chi connectivity index (χ2n) is 9.00. The number of ether oxygens (including phenoxy) is 1. The summed E-state index contributed by atoms with van der Waals surface area (Å²) in [7, 11) is 0. The maximum absolute atomic E-state index is 13.1. The van der Waals surface area contributed by atoms with E-state index in [0.717, 1.165) is 11.1 Å². The van der Waals surface area contributed by atoms with Gasteiger partial charge in [-0.25, -0.2) is 4.39 Å². The summed E-state index contributed by atoms with van der Waals surface area (Å²) in [6.45, 7) is 8.68. The third kappa shape index (κ3) is 5.81. The lowest BCUT2D eigenvalue weighted by atomic mass is 9.92. The standard InChI is InChI=1S/C24H29FN2O3/c1-16-23(29)27(12-11-17-5-7-19(25)8-6-17)15-18-13-20(9-10-21(18)30-16)26-22(28)14-24(2,3)4/h5-10,13,16H,11-12,14-15H2,1-4H3,(H,26,28)/t16-/m0/s1.